The number of carbonyl (C=O) groups is 4. The molecule has 1 aliphatic rings. The second kappa shape index (κ2) is 8.06. The van der Waals surface area contributed by atoms with E-state index in [1.165, 1.54) is 0 Å². The maximum absolute atomic E-state index is 11.3. The molecular formula is C14H20O10. The molecule has 0 aromatic rings. The lowest BCUT2D eigenvalue weighted by molar-refractivity contribution is -0.257. The summed E-state index contributed by atoms with van der Waals surface area (Å²) in [4.78, 5) is 44.5. The third-order valence-electron chi connectivity index (χ3n) is 2.99. The van der Waals surface area contributed by atoms with Gasteiger partial charge in [0.25, 0.3) is 0 Å². The zero-order valence-electron chi connectivity index (χ0n) is 13.8. The second-order valence-corrected chi connectivity index (χ2v) is 5.19. The van der Waals surface area contributed by atoms with E-state index < -0.39 is 54.6 Å². The molecule has 1 fully saturated rings. The molecule has 0 unspecified atom stereocenters. The number of carbonyl (C=O) groups excluding carboxylic acids is 4. The first kappa shape index (κ1) is 19.8. The Morgan fingerprint density at radius 1 is 0.917 bits per heavy atom. The van der Waals surface area contributed by atoms with Gasteiger partial charge in [-0.05, 0) is 0 Å². The van der Waals surface area contributed by atoms with Gasteiger partial charge in [-0.25, -0.2) is 0 Å². The molecular weight excluding hydrogens is 328 g/mol. The molecule has 4 atom stereocenters. The molecule has 1 rings (SSSR count). The highest BCUT2D eigenvalue weighted by Crippen LogP contribution is 2.34. The number of hydrogen-bond acceptors (Lipinski definition) is 10. The Kier molecular flexibility index (Phi) is 6.67. The smallest absolute Gasteiger partial charge is 0.303 e. The molecule has 136 valence electrons. The fraction of sp³-hybridized carbons (Fsp3) is 0.714. The Morgan fingerprint density at radius 3 is 1.92 bits per heavy atom. The molecule has 0 aromatic heterocycles. The molecule has 10 heteroatoms. The molecule has 0 saturated carbocycles. The van der Waals surface area contributed by atoms with Crippen LogP contribution in [0.1, 0.15) is 27.7 Å². The molecule has 1 aliphatic heterocycles. The van der Waals surface area contributed by atoms with Crippen molar-refractivity contribution in [1.29, 1.82) is 0 Å². The van der Waals surface area contributed by atoms with Crippen LogP contribution < -0.4 is 0 Å². The van der Waals surface area contributed by atoms with Crippen molar-refractivity contribution >= 4 is 23.9 Å². The zero-order chi connectivity index (χ0) is 18.5. The van der Waals surface area contributed by atoms with Gasteiger partial charge in [-0.15, -0.1) is 0 Å². The van der Waals surface area contributed by atoms with Gasteiger partial charge in [0, 0.05) is 27.7 Å². The van der Waals surface area contributed by atoms with Crippen LogP contribution in [0, 0.1) is 0 Å². The average Bonchev–Trinajstić information content (AvgIpc) is 2.68. The Hall–Kier alpha value is -2.20. The fourth-order valence-corrected chi connectivity index (χ4v) is 2.16. The molecule has 1 saturated heterocycles. The van der Waals surface area contributed by atoms with Crippen molar-refractivity contribution in [1.82, 2.24) is 0 Å². The van der Waals surface area contributed by atoms with E-state index in [9.17, 15) is 24.3 Å². The molecule has 10 nitrogen and oxygen atoms in total. The lowest BCUT2D eigenvalue weighted by Crippen LogP contribution is -2.50. The van der Waals surface area contributed by atoms with Gasteiger partial charge < -0.3 is 28.8 Å². The minimum atomic E-state index is -2.26. The number of rotatable bonds is 6. The molecule has 0 aliphatic carbocycles. The van der Waals surface area contributed by atoms with Gasteiger partial charge in [0.2, 0.25) is 5.79 Å². The maximum atomic E-state index is 11.3. The normalized spacial score (nSPS) is 28.8. The summed E-state index contributed by atoms with van der Waals surface area (Å²) in [6.07, 6.45) is -3.85. The van der Waals surface area contributed by atoms with Gasteiger partial charge in [-0.3, -0.25) is 19.2 Å². The first-order valence-electron chi connectivity index (χ1n) is 7.06. The summed E-state index contributed by atoms with van der Waals surface area (Å²) < 4.78 is 24.9. The van der Waals surface area contributed by atoms with E-state index in [0.29, 0.717) is 0 Å². The van der Waals surface area contributed by atoms with Crippen molar-refractivity contribution in [3.8, 4) is 0 Å². The third-order valence-corrected chi connectivity index (χ3v) is 2.99. The van der Waals surface area contributed by atoms with Crippen molar-refractivity contribution in [2.24, 2.45) is 0 Å². The van der Waals surface area contributed by atoms with Crippen molar-refractivity contribution in [2.75, 3.05) is 13.2 Å². The SMILES string of the molecule is CC(=O)OC[C@H]1O[C@](O)(COC(C)=O)[C@H](OC(C)=O)[C@@H]1OC(C)=O. The standard InChI is InChI=1S/C14H20O10/c1-7(15)20-5-11-12(22-9(3)17)13(23-10(4)18)14(19,24-11)6-21-8(2)16/h11-13,19H,5-6H2,1-4H3/t11-,12-,13-,14-/m1/s1. The van der Waals surface area contributed by atoms with Crippen LogP contribution in [-0.2, 0) is 42.9 Å². The highest BCUT2D eigenvalue weighted by atomic mass is 16.7. The monoisotopic (exact) mass is 348 g/mol. The van der Waals surface area contributed by atoms with Crippen LogP contribution in [-0.4, -0.2) is 66.3 Å². The van der Waals surface area contributed by atoms with E-state index in [2.05, 4.69) is 0 Å². The highest BCUT2D eigenvalue weighted by Gasteiger charge is 2.59. The van der Waals surface area contributed by atoms with Crippen molar-refractivity contribution in [3.63, 3.8) is 0 Å². The summed E-state index contributed by atoms with van der Waals surface area (Å²) in [5, 5.41) is 10.6. The predicted molar refractivity (Wildman–Crippen MR) is 74.2 cm³/mol. The van der Waals surface area contributed by atoms with Crippen molar-refractivity contribution < 1.29 is 48.0 Å². The van der Waals surface area contributed by atoms with Gasteiger partial charge >= 0.3 is 23.9 Å². The Bertz CT molecular complexity index is 516. The van der Waals surface area contributed by atoms with E-state index in [-0.39, 0.29) is 6.61 Å². The van der Waals surface area contributed by atoms with Crippen molar-refractivity contribution in [3.05, 3.63) is 0 Å². The molecule has 0 aromatic carbocycles. The first-order chi connectivity index (χ1) is 11.0. The summed E-state index contributed by atoms with van der Waals surface area (Å²) in [6, 6.07) is 0. The van der Waals surface area contributed by atoms with Crippen LogP contribution in [0.5, 0.6) is 0 Å². The summed E-state index contributed by atoms with van der Waals surface area (Å²) in [5.74, 6) is -5.11. The first-order valence-corrected chi connectivity index (χ1v) is 7.06. The largest absolute Gasteiger partial charge is 0.463 e. The van der Waals surface area contributed by atoms with E-state index >= 15 is 0 Å². The number of esters is 4. The zero-order valence-corrected chi connectivity index (χ0v) is 13.8. The molecule has 0 amide bonds. The molecule has 1 N–H and O–H groups in total. The van der Waals surface area contributed by atoms with E-state index in [1.807, 2.05) is 0 Å². The molecule has 0 bridgehead atoms. The molecule has 0 spiro atoms. The predicted octanol–water partition coefficient (Wildman–Crippen LogP) is -0.937. The maximum Gasteiger partial charge on any atom is 0.303 e. The lowest BCUT2D eigenvalue weighted by atomic mass is 10.1. The quantitative estimate of drug-likeness (QED) is 0.473. The van der Waals surface area contributed by atoms with Crippen LogP contribution in [0.2, 0.25) is 0 Å². The number of hydrogen-bond donors (Lipinski definition) is 1. The minimum Gasteiger partial charge on any atom is -0.463 e. The van der Waals surface area contributed by atoms with Crippen molar-refractivity contribution in [2.45, 2.75) is 51.8 Å². The van der Waals surface area contributed by atoms with Crippen LogP contribution in [0.4, 0.5) is 0 Å². The second-order valence-electron chi connectivity index (χ2n) is 5.19. The molecule has 24 heavy (non-hydrogen) atoms. The van der Waals surface area contributed by atoms with Gasteiger partial charge in [-0.2, -0.15) is 0 Å². The average molecular weight is 348 g/mol. The molecule has 1 heterocycles. The van der Waals surface area contributed by atoms with Crippen LogP contribution in [0.25, 0.3) is 0 Å². The summed E-state index contributed by atoms with van der Waals surface area (Å²) in [7, 11) is 0. The van der Waals surface area contributed by atoms with Crippen LogP contribution >= 0.6 is 0 Å². The summed E-state index contributed by atoms with van der Waals surface area (Å²) in [5.41, 5.74) is 0. The van der Waals surface area contributed by atoms with Gasteiger partial charge in [0.1, 0.15) is 19.3 Å². The fourth-order valence-electron chi connectivity index (χ4n) is 2.16. The lowest BCUT2D eigenvalue weighted by Gasteiger charge is -2.28. The Morgan fingerprint density at radius 2 is 1.46 bits per heavy atom. The van der Waals surface area contributed by atoms with E-state index in [0.717, 1.165) is 27.7 Å². The number of aliphatic hydroxyl groups is 1. The Balaban J connectivity index is 3.07. The van der Waals surface area contributed by atoms with Gasteiger partial charge in [0.15, 0.2) is 12.2 Å². The highest BCUT2D eigenvalue weighted by molar-refractivity contribution is 5.68. The Labute approximate surface area is 137 Å². The number of ether oxygens (including phenoxy) is 5. The third kappa shape index (κ3) is 5.46. The minimum absolute atomic E-state index is 0.368. The van der Waals surface area contributed by atoms with E-state index in [4.69, 9.17) is 23.7 Å². The van der Waals surface area contributed by atoms with Crippen LogP contribution in [0.3, 0.4) is 0 Å². The van der Waals surface area contributed by atoms with Gasteiger partial charge in [-0.1, -0.05) is 0 Å². The topological polar surface area (TPSA) is 135 Å². The van der Waals surface area contributed by atoms with Gasteiger partial charge in [0.05, 0.1) is 0 Å². The van der Waals surface area contributed by atoms with Crippen LogP contribution in [0.15, 0.2) is 0 Å². The summed E-state index contributed by atoms with van der Waals surface area (Å²) >= 11 is 0. The van der Waals surface area contributed by atoms with E-state index in [1.54, 1.807) is 0 Å². The summed E-state index contributed by atoms with van der Waals surface area (Å²) in [6.45, 7) is 3.42. The molecule has 0 radical (unpaired) electrons.